The zero-order valence-corrected chi connectivity index (χ0v) is 12.3. The number of nitrogens with one attached hydrogen (secondary N) is 1. The molecule has 0 radical (unpaired) electrons. The summed E-state index contributed by atoms with van der Waals surface area (Å²) in [6.07, 6.45) is 7.18. The van der Waals surface area contributed by atoms with Crippen molar-refractivity contribution in [3.63, 3.8) is 0 Å². The molecule has 0 heterocycles. The molecule has 5 nitrogen and oxygen atoms in total. The molecule has 20 heavy (non-hydrogen) atoms. The van der Waals surface area contributed by atoms with E-state index in [4.69, 9.17) is 10.8 Å². The van der Waals surface area contributed by atoms with Crippen LogP contribution in [0.5, 0.6) is 0 Å². The molecule has 114 valence electrons. The minimum Gasteiger partial charge on any atom is -0.481 e. The van der Waals surface area contributed by atoms with Crippen LogP contribution in [0.15, 0.2) is 0 Å². The van der Waals surface area contributed by atoms with Crippen molar-refractivity contribution in [2.24, 2.45) is 17.1 Å². The zero-order chi connectivity index (χ0) is 14.8. The van der Waals surface area contributed by atoms with E-state index in [2.05, 4.69) is 5.32 Å². The maximum absolute atomic E-state index is 12.2. The summed E-state index contributed by atoms with van der Waals surface area (Å²) in [5.41, 5.74) is 5.01. The molecule has 0 aromatic heterocycles. The fourth-order valence-electron chi connectivity index (χ4n) is 3.37. The van der Waals surface area contributed by atoms with Gasteiger partial charge in [-0.1, -0.05) is 19.3 Å². The van der Waals surface area contributed by atoms with Gasteiger partial charge in [0.1, 0.15) is 0 Å². The first kappa shape index (κ1) is 15.3. The SMILES string of the molecule is CC(N)(C(=O)NCC1(CC(=O)O)CCCCC1)C1CC1. The highest BCUT2D eigenvalue weighted by atomic mass is 16.4. The summed E-state index contributed by atoms with van der Waals surface area (Å²) in [6.45, 7) is 2.22. The van der Waals surface area contributed by atoms with Gasteiger partial charge in [-0.15, -0.1) is 0 Å². The van der Waals surface area contributed by atoms with Gasteiger partial charge in [-0.3, -0.25) is 9.59 Å². The van der Waals surface area contributed by atoms with Gasteiger partial charge >= 0.3 is 5.97 Å². The quantitative estimate of drug-likeness (QED) is 0.690. The van der Waals surface area contributed by atoms with Crippen molar-refractivity contribution in [2.45, 2.75) is 63.8 Å². The lowest BCUT2D eigenvalue weighted by molar-refractivity contribution is -0.141. The highest BCUT2D eigenvalue weighted by Gasteiger charge is 2.45. The van der Waals surface area contributed by atoms with Crippen molar-refractivity contribution in [1.82, 2.24) is 5.32 Å². The van der Waals surface area contributed by atoms with Gasteiger partial charge in [0.05, 0.1) is 12.0 Å². The van der Waals surface area contributed by atoms with E-state index in [0.717, 1.165) is 44.9 Å². The first-order valence-corrected chi connectivity index (χ1v) is 7.65. The second-order valence-electron chi connectivity index (χ2n) is 6.87. The van der Waals surface area contributed by atoms with Crippen LogP contribution < -0.4 is 11.1 Å². The summed E-state index contributed by atoms with van der Waals surface area (Å²) < 4.78 is 0. The van der Waals surface area contributed by atoms with Crippen LogP contribution in [0.4, 0.5) is 0 Å². The lowest BCUT2D eigenvalue weighted by atomic mass is 9.71. The molecule has 2 saturated carbocycles. The molecule has 2 aliphatic rings. The molecule has 0 aromatic carbocycles. The maximum Gasteiger partial charge on any atom is 0.303 e. The van der Waals surface area contributed by atoms with E-state index >= 15 is 0 Å². The molecular formula is C15H26N2O3. The Balaban J connectivity index is 1.94. The van der Waals surface area contributed by atoms with Gasteiger partial charge < -0.3 is 16.2 Å². The number of hydrogen-bond acceptors (Lipinski definition) is 3. The molecule has 0 spiro atoms. The predicted molar refractivity (Wildman–Crippen MR) is 76.1 cm³/mol. The largest absolute Gasteiger partial charge is 0.481 e. The van der Waals surface area contributed by atoms with Crippen molar-refractivity contribution in [3.05, 3.63) is 0 Å². The Morgan fingerprint density at radius 2 is 1.90 bits per heavy atom. The number of aliphatic carboxylic acids is 1. The monoisotopic (exact) mass is 282 g/mol. The minimum absolute atomic E-state index is 0.129. The molecule has 1 amide bonds. The Bertz CT molecular complexity index is 383. The molecule has 2 rings (SSSR count). The Labute approximate surface area is 120 Å². The van der Waals surface area contributed by atoms with Crippen molar-refractivity contribution >= 4 is 11.9 Å². The van der Waals surface area contributed by atoms with Crippen molar-refractivity contribution in [3.8, 4) is 0 Å². The second kappa shape index (κ2) is 5.72. The molecular weight excluding hydrogens is 256 g/mol. The fourth-order valence-corrected chi connectivity index (χ4v) is 3.37. The van der Waals surface area contributed by atoms with Crippen molar-refractivity contribution in [2.75, 3.05) is 6.54 Å². The van der Waals surface area contributed by atoms with E-state index in [1.807, 2.05) is 0 Å². The van der Waals surface area contributed by atoms with Gasteiger partial charge in [0, 0.05) is 6.54 Å². The number of amides is 1. The first-order chi connectivity index (χ1) is 9.36. The van der Waals surface area contributed by atoms with Crippen LogP contribution in [0.1, 0.15) is 58.3 Å². The standard InChI is InChI=1S/C15H26N2O3/c1-14(16,11-5-6-11)13(20)17-10-15(9-12(18)19)7-3-2-4-8-15/h11H,2-10,16H2,1H3,(H,17,20)(H,18,19). The molecule has 2 aliphatic carbocycles. The summed E-state index contributed by atoms with van der Waals surface area (Å²) in [4.78, 5) is 23.3. The smallest absolute Gasteiger partial charge is 0.303 e. The number of rotatable bonds is 6. The van der Waals surface area contributed by atoms with E-state index in [1.165, 1.54) is 0 Å². The average molecular weight is 282 g/mol. The van der Waals surface area contributed by atoms with Gasteiger partial charge in [-0.05, 0) is 43.9 Å². The Hall–Kier alpha value is -1.10. The average Bonchev–Trinajstić information content (AvgIpc) is 3.20. The number of carboxylic acids is 1. The minimum atomic E-state index is -0.806. The number of carbonyl (C=O) groups is 2. The third kappa shape index (κ3) is 3.51. The van der Waals surface area contributed by atoms with Crippen LogP contribution in [0.3, 0.4) is 0 Å². The molecule has 0 bridgehead atoms. The van der Waals surface area contributed by atoms with E-state index in [0.29, 0.717) is 6.54 Å². The van der Waals surface area contributed by atoms with Gasteiger partial charge in [0.15, 0.2) is 0 Å². The van der Waals surface area contributed by atoms with E-state index in [1.54, 1.807) is 6.92 Å². The highest BCUT2D eigenvalue weighted by Crippen LogP contribution is 2.40. The Morgan fingerprint density at radius 3 is 2.40 bits per heavy atom. The summed E-state index contributed by atoms with van der Waals surface area (Å²) in [7, 11) is 0. The number of hydrogen-bond donors (Lipinski definition) is 3. The predicted octanol–water partition coefficient (Wildman–Crippen LogP) is 1.66. The lowest BCUT2D eigenvalue weighted by Gasteiger charge is -2.37. The molecule has 0 aromatic rings. The van der Waals surface area contributed by atoms with Crippen LogP contribution in [-0.2, 0) is 9.59 Å². The summed E-state index contributed by atoms with van der Waals surface area (Å²) in [6, 6.07) is 0. The molecule has 0 saturated heterocycles. The molecule has 5 heteroatoms. The zero-order valence-electron chi connectivity index (χ0n) is 12.3. The molecule has 1 atom stereocenters. The second-order valence-corrected chi connectivity index (χ2v) is 6.87. The van der Waals surface area contributed by atoms with E-state index in [9.17, 15) is 9.59 Å². The number of carboxylic acid groups (broad SMARTS) is 1. The van der Waals surface area contributed by atoms with E-state index in [-0.39, 0.29) is 23.7 Å². The molecule has 1 unspecified atom stereocenters. The fraction of sp³-hybridized carbons (Fsp3) is 0.867. The topological polar surface area (TPSA) is 92.4 Å². The van der Waals surface area contributed by atoms with Crippen molar-refractivity contribution in [1.29, 1.82) is 0 Å². The van der Waals surface area contributed by atoms with Crippen LogP contribution in [0, 0.1) is 11.3 Å². The van der Waals surface area contributed by atoms with Gasteiger partial charge in [-0.25, -0.2) is 0 Å². The molecule has 4 N–H and O–H groups in total. The normalized spacial score (nSPS) is 24.7. The maximum atomic E-state index is 12.2. The highest BCUT2D eigenvalue weighted by molar-refractivity contribution is 5.86. The van der Waals surface area contributed by atoms with Crippen LogP contribution in [-0.4, -0.2) is 29.1 Å². The lowest BCUT2D eigenvalue weighted by Crippen LogP contribution is -2.55. The Morgan fingerprint density at radius 1 is 1.30 bits per heavy atom. The van der Waals surface area contributed by atoms with Gasteiger partial charge in [0.2, 0.25) is 5.91 Å². The number of carbonyl (C=O) groups excluding carboxylic acids is 1. The van der Waals surface area contributed by atoms with Crippen LogP contribution in [0.2, 0.25) is 0 Å². The number of nitrogens with two attached hydrogens (primary N) is 1. The van der Waals surface area contributed by atoms with Gasteiger partial charge in [-0.2, -0.15) is 0 Å². The third-order valence-electron chi connectivity index (χ3n) is 4.98. The van der Waals surface area contributed by atoms with Gasteiger partial charge in [0.25, 0.3) is 0 Å². The summed E-state index contributed by atoms with van der Waals surface area (Å²) in [5.74, 6) is -0.626. The van der Waals surface area contributed by atoms with Crippen LogP contribution >= 0.6 is 0 Å². The first-order valence-electron chi connectivity index (χ1n) is 7.65. The summed E-state index contributed by atoms with van der Waals surface area (Å²) in [5, 5.41) is 12.0. The van der Waals surface area contributed by atoms with Crippen LogP contribution in [0.25, 0.3) is 0 Å². The third-order valence-corrected chi connectivity index (χ3v) is 4.98. The molecule has 0 aliphatic heterocycles. The Kier molecular flexibility index (Phi) is 4.37. The summed E-state index contributed by atoms with van der Waals surface area (Å²) >= 11 is 0. The van der Waals surface area contributed by atoms with Crippen molar-refractivity contribution < 1.29 is 14.7 Å². The molecule has 2 fully saturated rings. The van der Waals surface area contributed by atoms with E-state index < -0.39 is 11.5 Å².